The van der Waals surface area contributed by atoms with Gasteiger partial charge in [-0.3, -0.25) is 10.1 Å². The summed E-state index contributed by atoms with van der Waals surface area (Å²) in [5.41, 5.74) is 1.35. The Morgan fingerprint density at radius 1 is 1.35 bits per heavy atom. The highest BCUT2D eigenvalue weighted by molar-refractivity contribution is 6.31. The molecule has 0 amide bonds. The van der Waals surface area contributed by atoms with Gasteiger partial charge in [-0.25, -0.2) is 4.39 Å². The maximum Gasteiger partial charge on any atom is 0.295 e. The Bertz CT molecular complexity index is 662. The molecule has 0 aromatic heterocycles. The van der Waals surface area contributed by atoms with Crippen LogP contribution >= 0.6 is 11.6 Å². The van der Waals surface area contributed by atoms with Crippen LogP contribution in [0.4, 0.5) is 15.8 Å². The van der Waals surface area contributed by atoms with E-state index in [1.165, 1.54) is 18.2 Å². The van der Waals surface area contributed by atoms with Crippen molar-refractivity contribution < 1.29 is 9.31 Å². The van der Waals surface area contributed by atoms with E-state index in [0.29, 0.717) is 5.02 Å². The van der Waals surface area contributed by atoms with E-state index in [9.17, 15) is 14.5 Å². The molecule has 0 unspecified atom stereocenters. The average Bonchev–Trinajstić information content (AvgIpc) is 2.40. The van der Waals surface area contributed by atoms with E-state index < -0.39 is 10.7 Å². The smallest absolute Gasteiger partial charge is 0.295 e. The number of hydrogen-bond donors (Lipinski definition) is 1. The van der Waals surface area contributed by atoms with Crippen molar-refractivity contribution >= 4 is 23.0 Å². The van der Waals surface area contributed by atoms with Crippen molar-refractivity contribution in [2.24, 2.45) is 0 Å². The Morgan fingerprint density at radius 2 is 2.10 bits per heavy atom. The highest BCUT2D eigenvalue weighted by atomic mass is 35.5. The summed E-state index contributed by atoms with van der Waals surface area (Å²) in [6.45, 7) is 2.13. The number of nitrogens with one attached hydrogen (secondary N) is 1. The van der Waals surface area contributed by atoms with Crippen LogP contribution in [0.1, 0.15) is 11.1 Å². The molecular formula is C14H12ClFN2O2. The first-order valence-corrected chi connectivity index (χ1v) is 6.28. The minimum absolute atomic E-state index is 0.116. The molecular weight excluding hydrogens is 283 g/mol. The second kappa shape index (κ2) is 5.88. The van der Waals surface area contributed by atoms with E-state index in [2.05, 4.69) is 5.32 Å². The van der Waals surface area contributed by atoms with Crippen molar-refractivity contribution in [1.29, 1.82) is 0 Å². The lowest BCUT2D eigenvalue weighted by atomic mass is 10.1. The van der Waals surface area contributed by atoms with Gasteiger partial charge < -0.3 is 5.32 Å². The van der Waals surface area contributed by atoms with Gasteiger partial charge in [0.15, 0.2) is 5.82 Å². The third-order valence-corrected chi connectivity index (χ3v) is 3.30. The van der Waals surface area contributed by atoms with E-state index in [1.54, 1.807) is 6.07 Å². The minimum Gasteiger partial charge on any atom is -0.373 e. The Labute approximate surface area is 120 Å². The number of benzene rings is 2. The van der Waals surface area contributed by atoms with Crippen LogP contribution in [0.2, 0.25) is 5.02 Å². The predicted molar refractivity (Wildman–Crippen MR) is 76.6 cm³/mol. The molecule has 6 heteroatoms. The fourth-order valence-electron chi connectivity index (χ4n) is 1.78. The predicted octanol–water partition coefficient (Wildman–Crippen LogP) is 4.31. The summed E-state index contributed by atoms with van der Waals surface area (Å²) >= 11 is 6.00. The van der Waals surface area contributed by atoms with Crippen LogP contribution in [-0.2, 0) is 6.54 Å². The number of rotatable bonds is 4. The third kappa shape index (κ3) is 3.05. The van der Waals surface area contributed by atoms with Crippen molar-refractivity contribution in [1.82, 2.24) is 0 Å². The maximum absolute atomic E-state index is 13.7. The second-order valence-corrected chi connectivity index (χ2v) is 4.74. The zero-order valence-corrected chi connectivity index (χ0v) is 11.4. The molecule has 0 saturated carbocycles. The van der Waals surface area contributed by atoms with Gasteiger partial charge in [-0.1, -0.05) is 29.8 Å². The van der Waals surface area contributed by atoms with Crippen molar-refractivity contribution in [2.45, 2.75) is 13.5 Å². The normalized spacial score (nSPS) is 10.3. The molecule has 0 fully saturated rings. The van der Waals surface area contributed by atoms with Gasteiger partial charge >= 0.3 is 0 Å². The molecule has 0 heterocycles. The van der Waals surface area contributed by atoms with Gasteiger partial charge in [-0.15, -0.1) is 0 Å². The number of nitro groups is 1. The molecule has 0 bridgehead atoms. The summed E-state index contributed by atoms with van der Waals surface area (Å²) < 4.78 is 13.7. The average molecular weight is 295 g/mol. The van der Waals surface area contributed by atoms with Crippen LogP contribution in [0.3, 0.4) is 0 Å². The summed E-state index contributed by atoms with van der Waals surface area (Å²) in [4.78, 5) is 10.2. The Hall–Kier alpha value is -2.14. The van der Waals surface area contributed by atoms with Crippen LogP contribution in [-0.4, -0.2) is 4.92 Å². The molecule has 2 aromatic rings. The summed E-state index contributed by atoms with van der Waals surface area (Å²) in [7, 11) is 0. The molecule has 0 atom stereocenters. The highest BCUT2D eigenvalue weighted by Gasteiger charge is 2.17. The van der Waals surface area contributed by atoms with Gasteiger partial charge in [-0.05, 0) is 30.2 Å². The minimum atomic E-state index is -0.655. The molecule has 1 N–H and O–H groups in total. The fraction of sp³-hybridized carbons (Fsp3) is 0.143. The molecule has 0 aliphatic carbocycles. The number of halogens is 2. The number of anilines is 1. The first kappa shape index (κ1) is 14.3. The van der Waals surface area contributed by atoms with Crippen LogP contribution < -0.4 is 5.32 Å². The van der Waals surface area contributed by atoms with Gasteiger partial charge in [0.05, 0.1) is 4.92 Å². The lowest BCUT2D eigenvalue weighted by Gasteiger charge is -2.09. The first-order chi connectivity index (χ1) is 9.49. The zero-order chi connectivity index (χ0) is 14.7. The lowest BCUT2D eigenvalue weighted by Crippen LogP contribution is -2.05. The van der Waals surface area contributed by atoms with Crippen LogP contribution in [0.25, 0.3) is 0 Å². The van der Waals surface area contributed by atoms with Gasteiger partial charge in [0, 0.05) is 17.6 Å². The molecule has 104 valence electrons. The summed E-state index contributed by atoms with van der Waals surface area (Å²) in [5.74, 6) is -0.655. The molecule has 0 aliphatic rings. The number of para-hydroxylation sites is 1. The molecule has 2 aromatic carbocycles. The third-order valence-electron chi connectivity index (χ3n) is 2.89. The van der Waals surface area contributed by atoms with Gasteiger partial charge in [0.2, 0.25) is 0 Å². The number of aryl methyl sites for hydroxylation is 1. The second-order valence-electron chi connectivity index (χ2n) is 4.33. The first-order valence-electron chi connectivity index (χ1n) is 5.91. The molecule has 4 nitrogen and oxygen atoms in total. The topological polar surface area (TPSA) is 55.2 Å². The van der Waals surface area contributed by atoms with Gasteiger partial charge in [0.25, 0.3) is 5.69 Å². The quantitative estimate of drug-likeness (QED) is 0.675. The number of nitro benzene ring substituents is 1. The van der Waals surface area contributed by atoms with Crippen LogP contribution in [0.15, 0.2) is 36.4 Å². The number of hydrogen-bond acceptors (Lipinski definition) is 3. The molecule has 0 spiro atoms. The number of nitrogens with zero attached hydrogens (tertiary/aromatic N) is 1. The van der Waals surface area contributed by atoms with Crippen LogP contribution in [0.5, 0.6) is 0 Å². The molecule has 0 aliphatic heterocycles. The summed E-state index contributed by atoms with van der Waals surface area (Å²) in [5, 5.41) is 14.2. The molecule has 20 heavy (non-hydrogen) atoms. The Balaban J connectivity index is 2.22. The van der Waals surface area contributed by atoms with Crippen LogP contribution in [0, 0.1) is 22.9 Å². The van der Waals surface area contributed by atoms with Gasteiger partial charge in [-0.2, -0.15) is 0 Å². The lowest BCUT2D eigenvalue weighted by molar-refractivity contribution is -0.384. The van der Waals surface area contributed by atoms with E-state index in [0.717, 1.165) is 11.1 Å². The largest absolute Gasteiger partial charge is 0.373 e. The monoisotopic (exact) mass is 294 g/mol. The molecule has 0 saturated heterocycles. The standard InChI is InChI=1S/C14H12ClFN2O2/c1-9-5-6-10(7-11(9)15)8-17-14-12(16)3-2-4-13(14)18(19)20/h2-7,17H,8H2,1H3. The SMILES string of the molecule is Cc1ccc(CNc2c(F)cccc2[N+](=O)[O-])cc1Cl. The van der Waals surface area contributed by atoms with E-state index in [-0.39, 0.29) is 17.9 Å². The molecule has 2 rings (SSSR count). The summed E-state index contributed by atoms with van der Waals surface area (Å²) in [6.07, 6.45) is 0. The van der Waals surface area contributed by atoms with E-state index >= 15 is 0 Å². The van der Waals surface area contributed by atoms with E-state index in [4.69, 9.17) is 11.6 Å². The van der Waals surface area contributed by atoms with E-state index in [1.807, 2.05) is 19.1 Å². The Kier molecular flexibility index (Phi) is 4.20. The maximum atomic E-state index is 13.7. The zero-order valence-electron chi connectivity index (χ0n) is 10.7. The summed E-state index contributed by atoms with van der Waals surface area (Å²) in [6, 6.07) is 9.17. The van der Waals surface area contributed by atoms with Gasteiger partial charge in [0.1, 0.15) is 5.69 Å². The Morgan fingerprint density at radius 3 is 2.75 bits per heavy atom. The van der Waals surface area contributed by atoms with Crippen molar-refractivity contribution in [3.63, 3.8) is 0 Å². The van der Waals surface area contributed by atoms with Crippen molar-refractivity contribution in [3.8, 4) is 0 Å². The molecule has 0 radical (unpaired) electrons. The van der Waals surface area contributed by atoms with Crippen molar-refractivity contribution in [2.75, 3.05) is 5.32 Å². The fourth-order valence-corrected chi connectivity index (χ4v) is 1.98. The highest BCUT2D eigenvalue weighted by Crippen LogP contribution is 2.27. The van der Waals surface area contributed by atoms with Crippen molar-refractivity contribution in [3.05, 3.63) is 68.5 Å².